The smallest absolute Gasteiger partial charge is 0.241 e. The lowest BCUT2D eigenvalue weighted by molar-refractivity contribution is 0.271. The van der Waals surface area contributed by atoms with Gasteiger partial charge in [0.2, 0.25) is 10.0 Å². The second-order valence-corrected chi connectivity index (χ2v) is 7.63. The Morgan fingerprint density at radius 1 is 1.04 bits per heavy atom. The van der Waals surface area contributed by atoms with Crippen molar-refractivity contribution in [1.82, 2.24) is 5.32 Å². The molecule has 0 radical (unpaired) electrons. The van der Waals surface area contributed by atoms with Crippen molar-refractivity contribution in [3.63, 3.8) is 0 Å². The van der Waals surface area contributed by atoms with Crippen LogP contribution in [-0.4, -0.2) is 35.3 Å². The van der Waals surface area contributed by atoms with Gasteiger partial charge in [0, 0.05) is 12.6 Å². The number of nitrogens with one attached hydrogen (secondary N) is 1. The molecule has 28 heavy (non-hydrogen) atoms. The van der Waals surface area contributed by atoms with Crippen molar-refractivity contribution in [1.29, 1.82) is 0 Å². The number of ether oxygens (including phenoxy) is 3. The lowest BCUT2D eigenvalue weighted by atomic mass is 10.0. The predicted octanol–water partition coefficient (Wildman–Crippen LogP) is 2.86. The van der Waals surface area contributed by atoms with Gasteiger partial charge in [-0.3, -0.25) is 0 Å². The first-order chi connectivity index (χ1) is 13.4. The number of primary sulfonamides is 1. The minimum Gasteiger partial charge on any atom is -0.495 e. The molecule has 0 aromatic heterocycles. The second-order valence-electron chi connectivity index (χ2n) is 6.10. The number of nitrogens with two attached hydrogens (primary N) is 1. The van der Waals surface area contributed by atoms with E-state index in [0.717, 1.165) is 12.0 Å². The van der Waals surface area contributed by atoms with Gasteiger partial charge in [0.1, 0.15) is 17.3 Å². The number of hydrogen-bond acceptors (Lipinski definition) is 6. The summed E-state index contributed by atoms with van der Waals surface area (Å²) in [5, 5.41) is 8.69. The van der Waals surface area contributed by atoms with Crippen molar-refractivity contribution in [2.75, 3.05) is 26.9 Å². The lowest BCUT2D eigenvalue weighted by Crippen LogP contribution is -2.26. The third-order valence-corrected chi connectivity index (χ3v) is 5.14. The highest BCUT2D eigenvalue weighted by Gasteiger charge is 2.18. The summed E-state index contributed by atoms with van der Waals surface area (Å²) >= 11 is 0. The van der Waals surface area contributed by atoms with E-state index in [4.69, 9.17) is 19.3 Å². The van der Waals surface area contributed by atoms with Gasteiger partial charge in [0.05, 0.1) is 13.7 Å². The highest BCUT2D eigenvalue weighted by Crippen LogP contribution is 2.28. The molecule has 0 saturated heterocycles. The van der Waals surface area contributed by atoms with E-state index < -0.39 is 10.0 Å². The third-order valence-electron chi connectivity index (χ3n) is 4.20. The Balaban J connectivity index is 2.02. The van der Waals surface area contributed by atoms with Gasteiger partial charge in [-0.15, -0.1) is 0 Å². The van der Waals surface area contributed by atoms with Crippen molar-refractivity contribution in [3.05, 3.63) is 48.0 Å². The number of para-hydroxylation sites is 2. The van der Waals surface area contributed by atoms with Gasteiger partial charge >= 0.3 is 0 Å². The standard InChI is InChI=1S/C20H28N2O5S/c1-4-16(15-10-11-19(25-3)20(14-15)28(21,23)24)22-12-13-27-18-9-7-6-8-17(18)26-5-2/h6-11,14,16,22H,4-5,12-13H2,1-3H3,(H2,21,23,24)/t16-/m1/s1. The summed E-state index contributed by atoms with van der Waals surface area (Å²) in [6.07, 6.45) is 0.770. The Bertz CT molecular complexity index is 871. The van der Waals surface area contributed by atoms with Gasteiger partial charge in [-0.25, -0.2) is 13.6 Å². The van der Waals surface area contributed by atoms with E-state index in [9.17, 15) is 8.42 Å². The molecule has 8 heteroatoms. The monoisotopic (exact) mass is 408 g/mol. The molecule has 0 spiro atoms. The largest absolute Gasteiger partial charge is 0.495 e. The molecule has 0 heterocycles. The molecule has 0 aliphatic heterocycles. The Labute approximate surface area is 166 Å². The number of hydrogen-bond donors (Lipinski definition) is 2. The molecule has 2 aromatic rings. The minimum absolute atomic E-state index is 0.0189. The van der Waals surface area contributed by atoms with Crippen molar-refractivity contribution in [3.8, 4) is 17.2 Å². The van der Waals surface area contributed by atoms with Crippen molar-refractivity contribution in [2.24, 2.45) is 5.14 Å². The maximum atomic E-state index is 11.8. The molecular formula is C20H28N2O5S. The zero-order valence-corrected chi connectivity index (χ0v) is 17.3. The van der Waals surface area contributed by atoms with Gasteiger partial charge < -0.3 is 19.5 Å². The van der Waals surface area contributed by atoms with E-state index in [0.29, 0.717) is 31.3 Å². The molecule has 7 nitrogen and oxygen atoms in total. The predicted molar refractivity (Wildman–Crippen MR) is 109 cm³/mol. The first-order valence-electron chi connectivity index (χ1n) is 9.19. The van der Waals surface area contributed by atoms with Crippen LogP contribution in [0.5, 0.6) is 17.2 Å². The van der Waals surface area contributed by atoms with E-state index in [1.807, 2.05) is 44.2 Å². The molecule has 0 unspecified atom stereocenters. The Morgan fingerprint density at radius 2 is 1.71 bits per heavy atom. The van der Waals surface area contributed by atoms with Crippen LogP contribution in [0.3, 0.4) is 0 Å². The molecular weight excluding hydrogens is 380 g/mol. The van der Waals surface area contributed by atoms with E-state index in [1.165, 1.54) is 7.11 Å². The molecule has 154 valence electrons. The maximum absolute atomic E-state index is 11.8. The first-order valence-corrected chi connectivity index (χ1v) is 10.7. The van der Waals surface area contributed by atoms with Crippen LogP contribution in [0.4, 0.5) is 0 Å². The highest BCUT2D eigenvalue weighted by atomic mass is 32.2. The molecule has 0 aliphatic carbocycles. The average molecular weight is 409 g/mol. The van der Waals surface area contributed by atoms with E-state index >= 15 is 0 Å². The third kappa shape index (κ3) is 5.85. The van der Waals surface area contributed by atoms with Crippen LogP contribution in [0.25, 0.3) is 0 Å². The Kier molecular flexibility index (Phi) is 8.10. The Hall–Kier alpha value is -2.29. The maximum Gasteiger partial charge on any atom is 0.241 e. The summed E-state index contributed by atoms with van der Waals surface area (Å²) in [7, 11) is -2.46. The molecule has 3 N–H and O–H groups in total. The van der Waals surface area contributed by atoms with E-state index in [2.05, 4.69) is 5.32 Å². The fraction of sp³-hybridized carbons (Fsp3) is 0.400. The SMILES string of the molecule is CCOc1ccccc1OCCN[C@H](CC)c1ccc(OC)c(S(N)(=O)=O)c1. The van der Waals surface area contributed by atoms with Crippen molar-refractivity contribution in [2.45, 2.75) is 31.2 Å². The molecule has 1 atom stereocenters. The number of benzene rings is 2. The summed E-state index contributed by atoms with van der Waals surface area (Å²) in [5.41, 5.74) is 0.821. The van der Waals surface area contributed by atoms with Crippen LogP contribution in [-0.2, 0) is 10.0 Å². The molecule has 2 aromatic carbocycles. The van der Waals surface area contributed by atoms with Gasteiger partial charge in [-0.1, -0.05) is 25.1 Å². The Morgan fingerprint density at radius 3 is 2.29 bits per heavy atom. The minimum atomic E-state index is -3.87. The normalized spacial score (nSPS) is 12.4. The fourth-order valence-electron chi connectivity index (χ4n) is 2.87. The number of methoxy groups -OCH3 is 1. The molecule has 0 fully saturated rings. The first kappa shape index (κ1) is 22.0. The van der Waals surface area contributed by atoms with E-state index in [1.54, 1.807) is 12.1 Å². The van der Waals surface area contributed by atoms with Crippen molar-refractivity contribution >= 4 is 10.0 Å². The molecule has 0 saturated carbocycles. The second kappa shape index (κ2) is 10.3. The topological polar surface area (TPSA) is 99.9 Å². The summed E-state index contributed by atoms with van der Waals surface area (Å²) in [6, 6.07) is 12.5. The summed E-state index contributed by atoms with van der Waals surface area (Å²) in [6.45, 7) is 5.54. The summed E-state index contributed by atoms with van der Waals surface area (Å²) in [5.74, 6) is 1.64. The van der Waals surface area contributed by atoms with Gasteiger partial charge in [-0.05, 0) is 43.2 Å². The molecule has 2 rings (SSSR count). The van der Waals surface area contributed by atoms with Crippen LogP contribution in [0.2, 0.25) is 0 Å². The van der Waals surface area contributed by atoms with Gasteiger partial charge in [-0.2, -0.15) is 0 Å². The quantitative estimate of drug-likeness (QED) is 0.555. The van der Waals surface area contributed by atoms with Crippen LogP contribution < -0.4 is 24.7 Å². The summed E-state index contributed by atoms with van der Waals surface area (Å²) in [4.78, 5) is -0.0189. The van der Waals surface area contributed by atoms with Gasteiger partial charge in [0.15, 0.2) is 11.5 Å². The molecule has 0 aliphatic rings. The number of rotatable bonds is 11. The highest BCUT2D eigenvalue weighted by molar-refractivity contribution is 7.89. The van der Waals surface area contributed by atoms with E-state index in [-0.39, 0.29) is 16.7 Å². The van der Waals surface area contributed by atoms with Crippen LogP contribution in [0, 0.1) is 0 Å². The lowest BCUT2D eigenvalue weighted by Gasteiger charge is -2.19. The number of sulfonamides is 1. The average Bonchev–Trinajstić information content (AvgIpc) is 2.68. The van der Waals surface area contributed by atoms with Crippen LogP contribution in [0.15, 0.2) is 47.4 Å². The fourth-order valence-corrected chi connectivity index (χ4v) is 3.60. The summed E-state index contributed by atoms with van der Waals surface area (Å²) < 4.78 is 40.1. The zero-order chi connectivity index (χ0) is 20.6. The van der Waals surface area contributed by atoms with Gasteiger partial charge in [0.25, 0.3) is 0 Å². The van der Waals surface area contributed by atoms with Crippen molar-refractivity contribution < 1.29 is 22.6 Å². The zero-order valence-electron chi connectivity index (χ0n) is 16.5. The van der Waals surface area contributed by atoms with Crippen LogP contribution >= 0.6 is 0 Å². The van der Waals surface area contributed by atoms with Crippen LogP contribution in [0.1, 0.15) is 31.9 Å². The molecule has 0 bridgehead atoms. The molecule has 0 amide bonds.